The molecule has 0 aliphatic heterocycles. The van der Waals surface area contributed by atoms with Crippen LogP contribution in [0.2, 0.25) is 0 Å². The second kappa shape index (κ2) is 7.74. The molecule has 56 valence electrons. The average molecular weight is 128 g/mol. The van der Waals surface area contributed by atoms with Crippen molar-refractivity contribution in [2.45, 2.75) is 41.5 Å². The van der Waals surface area contributed by atoms with Gasteiger partial charge in [-0.2, -0.15) is 0 Å². The Morgan fingerprint density at radius 1 is 1.22 bits per heavy atom. The van der Waals surface area contributed by atoms with E-state index in [1.165, 1.54) is 5.57 Å². The van der Waals surface area contributed by atoms with Crippen LogP contribution >= 0.6 is 0 Å². The lowest BCUT2D eigenvalue weighted by molar-refractivity contribution is 0.767. The van der Waals surface area contributed by atoms with Crippen molar-refractivity contribution in [1.29, 1.82) is 0 Å². The normalized spacial score (nSPS) is 10.8. The summed E-state index contributed by atoms with van der Waals surface area (Å²) < 4.78 is 0. The highest BCUT2D eigenvalue weighted by Gasteiger charge is 1.90. The van der Waals surface area contributed by atoms with Crippen LogP contribution in [0.5, 0.6) is 0 Å². The van der Waals surface area contributed by atoms with Gasteiger partial charge >= 0.3 is 0 Å². The molecule has 0 atom stereocenters. The molecule has 0 nitrogen and oxygen atoms in total. The molecule has 0 heteroatoms. The second-order valence-corrected chi connectivity index (χ2v) is 2.19. The van der Waals surface area contributed by atoms with Crippen molar-refractivity contribution in [2.24, 2.45) is 5.92 Å². The van der Waals surface area contributed by atoms with Gasteiger partial charge in [0.25, 0.3) is 0 Å². The molecule has 0 bridgehead atoms. The number of allylic oxidation sites excluding steroid dienone is 2. The summed E-state index contributed by atoms with van der Waals surface area (Å²) in [6, 6.07) is 0. The molecule has 0 aliphatic rings. The Kier molecular flexibility index (Phi) is 9.91. The predicted octanol–water partition coefficient (Wildman–Crippen LogP) is 3.63. The van der Waals surface area contributed by atoms with Gasteiger partial charge in [0.1, 0.15) is 0 Å². The van der Waals surface area contributed by atoms with Gasteiger partial charge in [-0.25, -0.2) is 0 Å². The van der Waals surface area contributed by atoms with E-state index in [1.54, 1.807) is 0 Å². The van der Waals surface area contributed by atoms with Crippen LogP contribution in [-0.2, 0) is 0 Å². The highest BCUT2D eigenvalue weighted by molar-refractivity contribution is 4.97. The number of hydrogen-bond acceptors (Lipinski definition) is 0. The third kappa shape index (κ3) is 7.74. The minimum absolute atomic E-state index is 0.727. The van der Waals surface area contributed by atoms with E-state index in [4.69, 9.17) is 0 Å². The molecule has 0 aromatic heterocycles. The van der Waals surface area contributed by atoms with Gasteiger partial charge < -0.3 is 0 Å². The fourth-order valence-corrected chi connectivity index (χ4v) is 0.333. The minimum Gasteiger partial charge on any atom is -0.0885 e. The molecule has 0 aromatic rings. The third-order valence-electron chi connectivity index (χ3n) is 1.37. The van der Waals surface area contributed by atoms with Gasteiger partial charge in [0.05, 0.1) is 0 Å². The number of rotatable bonds is 1. The van der Waals surface area contributed by atoms with Gasteiger partial charge in [-0.3, -0.25) is 0 Å². The lowest BCUT2D eigenvalue weighted by Gasteiger charge is -2.00. The van der Waals surface area contributed by atoms with Crippen molar-refractivity contribution in [3.8, 4) is 0 Å². The molecule has 0 N–H and O–H groups in total. The van der Waals surface area contributed by atoms with E-state index in [0.717, 1.165) is 5.92 Å². The molecule has 0 radical (unpaired) electrons. The van der Waals surface area contributed by atoms with E-state index >= 15 is 0 Å². The summed E-state index contributed by atoms with van der Waals surface area (Å²) in [5.74, 6) is 0.727. The van der Waals surface area contributed by atoms with E-state index in [-0.39, 0.29) is 0 Å². The standard InChI is InChI=1S/C7H14.C2H6/c1-5-7(4)6(2)3;1-2/h5-6H,1-4H3;1-2H3/b7-5-;. The quantitative estimate of drug-likeness (QED) is 0.473. The molecule has 0 amide bonds. The van der Waals surface area contributed by atoms with Crippen LogP contribution in [0.4, 0.5) is 0 Å². The largest absolute Gasteiger partial charge is 0.0885 e. The Labute approximate surface area is 60.0 Å². The first-order valence-corrected chi connectivity index (χ1v) is 3.81. The summed E-state index contributed by atoms with van der Waals surface area (Å²) in [6.07, 6.45) is 2.16. The Hall–Kier alpha value is -0.260. The summed E-state index contributed by atoms with van der Waals surface area (Å²) >= 11 is 0. The lowest BCUT2D eigenvalue weighted by Crippen LogP contribution is -1.85. The maximum Gasteiger partial charge on any atom is -0.0263 e. The van der Waals surface area contributed by atoms with Gasteiger partial charge in [-0.1, -0.05) is 39.3 Å². The zero-order valence-electron chi connectivity index (χ0n) is 7.65. The van der Waals surface area contributed by atoms with Crippen molar-refractivity contribution in [3.63, 3.8) is 0 Å². The smallest absolute Gasteiger partial charge is 0.0263 e. The molecule has 0 aliphatic carbocycles. The maximum absolute atomic E-state index is 2.20. The van der Waals surface area contributed by atoms with E-state index in [9.17, 15) is 0 Å². The van der Waals surface area contributed by atoms with Crippen molar-refractivity contribution in [1.82, 2.24) is 0 Å². The summed E-state index contributed by atoms with van der Waals surface area (Å²) in [4.78, 5) is 0. The maximum atomic E-state index is 2.20. The molecule has 0 rings (SSSR count). The molecule has 0 saturated carbocycles. The molecular formula is C9H20. The molecule has 0 unspecified atom stereocenters. The Balaban J connectivity index is 0. The zero-order valence-corrected chi connectivity index (χ0v) is 7.65. The molecule has 0 fully saturated rings. The van der Waals surface area contributed by atoms with Crippen LogP contribution in [0.3, 0.4) is 0 Å². The van der Waals surface area contributed by atoms with Crippen molar-refractivity contribution < 1.29 is 0 Å². The Bertz CT molecular complexity index is 68.1. The van der Waals surface area contributed by atoms with Crippen LogP contribution < -0.4 is 0 Å². The molecule has 9 heavy (non-hydrogen) atoms. The van der Waals surface area contributed by atoms with Crippen LogP contribution in [-0.4, -0.2) is 0 Å². The lowest BCUT2D eigenvalue weighted by atomic mass is 10.1. The molecule has 0 spiro atoms. The molecule has 0 heterocycles. The summed E-state index contributed by atoms with van der Waals surface area (Å²) in [5, 5.41) is 0. The summed E-state index contributed by atoms with van der Waals surface area (Å²) in [5.41, 5.74) is 1.47. The zero-order chi connectivity index (χ0) is 7.86. The highest BCUT2D eigenvalue weighted by atomic mass is 14.0. The van der Waals surface area contributed by atoms with Gasteiger partial charge in [-0.15, -0.1) is 0 Å². The van der Waals surface area contributed by atoms with Gasteiger partial charge in [0.15, 0.2) is 0 Å². The molecular weight excluding hydrogens is 108 g/mol. The van der Waals surface area contributed by atoms with E-state index in [0.29, 0.717) is 0 Å². The van der Waals surface area contributed by atoms with E-state index < -0.39 is 0 Å². The van der Waals surface area contributed by atoms with E-state index in [1.807, 2.05) is 13.8 Å². The summed E-state index contributed by atoms with van der Waals surface area (Å²) in [6.45, 7) is 12.6. The monoisotopic (exact) mass is 128 g/mol. The predicted molar refractivity (Wildman–Crippen MR) is 45.6 cm³/mol. The van der Waals surface area contributed by atoms with Crippen molar-refractivity contribution in [2.75, 3.05) is 0 Å². The number of hydrogen-bond donors (Lipinski definition) is 0. The minimum atomic E-state index is 0.727. The Morgan fingerprint density at radius 3 is 1.56 bits per heavy atom. The first-order valence-electron chi connectivity index (χ1n) is 3.81. The molecule has 0 aromatic carbocycles. The second-order valence-electron chi connectivity index (χ2n) is 2.19. The van der Waals surface area contributed by atoms with Gasteiger partial charge in [0.2, 0.25) is 0 Å². The third-order valence-corrected chi connectivity index (χ3v) is 1.37. The highest BCUT2D eigenvalue weighted by Crippen LogP contribution is 2.05. The van der Waals surface area contributed by atoms with Crippen molar-refractivity contribution in [3.05, 3.63) is 11.6 Å². The SMILES string of the molecule is C/C=C(/C)C(C)C.CC. The van der Waals surface area contributed by atoms with Crippen LogP contribution in [0.15, 0.2) is 11.6 Å². The van der Waals surface area contributed by atoms with Crippen LogP contribution in [0.1, 0.15) is 41.5 Å². The topological polar surface area (TPSA) is 0 Å². The van der Waals surface area contributed by atoms with Gasteiger partial charge in [0, 0.05) is 0 Å². The fourth-order valence-electron chi connectivity index (χ4n) is 0.333. The first kappa shape index (κ1) is 11.5. The van der Waals surface area contributed by atoms with Crippen LogP contribution in [0.25, 0.3) is 0 Å². The Morgan fingerprint density at radius 2 is 1.56 bits per heavy atom. The first-order chi connectivity index (χ1) is 4.18. The average Bonchev–Trinajstić information content (AvgIpc) is 1.91. The van der Waals surface area contributed by atoms with E-state index in [2.05, 4.69) is 33.8 Å². The fraction of sp³-hybridized carbons (Fsp3) is 0.778. The summed E-state index contributed by atoms with van der Waals surface area (Å²) in [7, 11) is 0. The van der Waals surface area contributed by atoms with Crippen LogP contribution in [0, 0.1) is 5.92 Å². The van der Waals surface area contributed by atoms with Crippen molar-refractivity contribution >= 4 is 0 Å². The molecule has 0 saturated heterocycles. The van der Waals surface area contributed by atoms with Gasteiger partial charge in [-0.05, 0) is 19.8 Å².